The van der Waals surface area contributed by atoms with Crippen LogP contribution in [0.15, 0.2) is 72.8 Å². The number of benzene rings is 2. The first-order valence-corrected chi connectivity index (χ1v) is 16.7. The number of fused-ring (bicyclic) bond motifs is 1. The van der Waals surface area contributed by atoms with Gasteiger partial charge in [-0.2, -0.15) is 41.1 Å². The fourth-order valence-electron chi connectivity index (χ4n) is 2.36. The van der Waals surface area contributed by atoms with E-state index in [1.807, 2.05) is 0 Å². The second kappa shape index (κ2) is 13.2. The van der Waals surface area contributed by atoms with Crippen LogP contribution >= 0.6 is 35.8 Å². The molecule has 0 fully saturated rings. The average molecular weight is 449 g/mol. The van der Waals surface area contributed by atoms with Crippen molar-refractivity contribution in [2.75, 3.05) is 19.5 Å². The van der Waals surface area contributed by atoms with Crippen LogP contribution in [0.3, 0.4) is 0 Å². The molecule has 0 bridgehead atoms. The summed E-state index contributed by atoms with van der Waals surface area (Å²) in [5.74, 6) is 1.52. The van der Waals surface area contributed by atoms with Crippen LogP contribution in [0.25, 0.3) is 10.8 Å². The molecule has 3 rings (SSSR count). The molecule has 135 valence electrons. The van der Waals surface area contributed by atoms with Gasteiger partial charge in [0.05, 0.1) is 0 Å². The minimum atomic E-state index is -1.92. The standard InChI is InChI=1S/C11H16P.C9H7.3ClH.Ti/c1-10(9-12(2)3)11-7-5-4-6-8-11;1-2-5-9-7-3-6-8(9)4-1;;;;/h4-8H,9H2,1-3H3;1-7H;3*1H;/q2*-1;;;;+3/p-3. The molecule has 0 radical (unpaired) electrons. The number of halogens is 3. The molecule has 0 spiro atoms. The second-order valence-corrected chi connectivity index (χ2v) is 16.0. The third-order valence-corrected chi connectivity index (χ3v) is 4.47. The zero-order valence-corrected chi connectivity index (χ0v) is 19.4. The van der Waals surface area contributed by atoms with Crippen molar-refractivity contribution in [1.82, 2.24) is 0 Å². The van der Waals surface area contributed by atoms with Gasteiger partial charge in [-0.1, -0.05) is 25.2 Å². The molecule has 0 saturated carbocycles. The molecule has 0 aliphatic heterocycles. The van der Waals surface area contributed by atoms with Crippen molar-refractivity contribution >= 4 is 46.6 Å². The largest absolute Gasteiger partial charge is 0.168 e. The van der Waals surface area contributed by atoms with Gasteiger partial charge in [0.2, 0.25) is 0 Å². The van der Waals surface area contributed by atoms with Crippen LogP contribution < -0.4 is 0 Å². The smallest absolute Gasteiger partial charge is 0.0809 e. The molecule has 0 saturated heterocycles. The van der Waals surface area contributed by atoms with Gasteiger partial charge in [0.1, 0.15) is 0 Å². The van der Waals surface area contributed by atoms with E-state index in [0.29, 0.717) is 0 Å². The van der Waals surface area contributed by atoms with Crippen LogP contribution in [-0.2, 0) is 14.7 Å². The molecule has 0 unspecified atom stereocenters. The van der Waals surface area contributed by atoms with Crippen molar-refractivity contribution in [2.45, 2.75) is 6.92 Å². The quantitative estimate of drug-likeness (QED) is 0.216. The van der Waals surface area contributed by atoms with Crippen molar-refractivity contribution in [3.63, 3.8) is 0 Å². The van der Waals surface area contributed by atoms with E-state index in [2.05, 4.69) is 93.0 Å². The van der Waals surface area contributed by atoms with Gasteiger partial charge in [-0.15, -0.1) is 49.7 Å². The summed E-state index contributed by atoms with van der Waals surface area (Å²) < 4.78 is 0. The Morgan fingerprint density at radius 1 is 0.920 bits per heavy atom. The van der Waals surface area contributed by atoms with Gasteiger partial charge in [-0.25, -0.2) is 0 Å². The molecule has 0 aliphatic carbocycles. The zero-order valence-electron chi connectivity index (χ0n) is 14.7. The Morgan fingerprint density at radius 3 is 2.04 bits per heavy atom. The molecule has 3 aromatic carbocycles. The van der Waals surface area contributed by atoms with Crippen molar-refractivity contribution < 1.29 is 14.7 Å². The molecule has 0 atom stereocenters. The Bertz CT molecular complexity index is 665. The Balaban J connectivity index is 0.000000211. The molecule has 0 amide bonds. The zero-order chi connectivity index (χ0) is 18.7. The molecule has 0 aromatic heterocycles. The molecular formula is C20H23Cl3PTi-2. The van der Waals surface area contributed by atoms with E-state index in [1.165, 1.54) is 28.4 Å². The molecule has 0 N–H and O–H groups in total. The molecule has 25 heavy (non-hydrogen) atoms. The van der Waals surface area contributed by atoms with Crippen LogP contribution in [0, 0.1) is 5.92 Å². The number of hydrogen-bond donors (Lipinski definition) is 0. The van der Waals surface area contributed by atoms with E-state index in [0.717, 1.165) is 0 Å². The van der Waals surface area contributed by atoms with E-state index >= 15 is 0 Å². The average Bonchev–Trinajstić information content (AvgIpc) is 3.04. The predicted molar refractivity (Wildman–Crippen MR) is 115 cm³/mol. The molecule has 5 heteroatoms. The van der Waals surface area contributed by atoms with Crippen molar-refractivity contribution in [3.8, 4) is 0 Å². The number of rotatable bonds is 3. The van der Waals surface area contributed by atoms with Gasteiger partial charge >= 0.3 is 42.6 Å². The van der Waals surface area contributed by atoms with Gasteiger partial charge in [-0.05, 0) is 13.3 Å². The van der Waals surface area contributed by atoms with Crippen molar-refractivity contribution in [1.29, 1.82) is 0 Å². The molecular weight excluding hydrogens is 425 g/mol. The van der Waals surface area contributed by atoms with Crippen molar-refractivity contribution in [2.24, 2.45) is 0 Å². The first-order chi connectivity index (χ1) is 11.9. The fourth-order valence-corrected chi connectivity index (χ4v) is 3.49. The van der Waals surface area contributed by atoms with E-state index in [-0.39, 0.29) is 7.92 Å². The Hall–Kier alpha value is -0.0657. The normalized spacial score (nSPS) is 9.72. The summed E-state index contributed by atoms with van der Waals surface area (Å²) in [6.45, 7) is 6.88. The van der Waals surface area contributed by atoms with Crippen LogP contribution in [-0.4, -0.2) is 19.5 Å². The maximum absolute atomic E-state index is 4.97. The Kier molecular flexibility index (Phi) is 12.1. The molecule has 0 nitrogen and oxygen atoms in total. The number of hydrogen-bond acceptors (Lipinski definition) is 0. The third-order valence-electron chi connectivity index (χ3n) is 3.37. The van der Waals surface area contributed by atoms with Crippen LogP contribution in [0.2, 0.25) is 0 Å². The minimum Gasteiger partial charge on any atom is -0.168 e. The first-order valence-electron chi connectivity index (χ1n) is 7.86. The summed E-state index contributed by atoms with van der Waals surface area (Å²) in [4.78, 5) is 0. The first kappa shape index (κ1) is 23.0. The summed E-state index contributed by atoms with van der Waals surface area (Å²) in [6, 6.07) is 25.3. The van der Waals surface area contributed by atoms with Gasteiger partial charge in [-0.3, -0.25) is 0 Å². The maximum atomic E-state index is 4.97. The van der Waals surface area contributed by atoms with Gasteiger partial charge in [0, 0.05) is 0 Å². The van der Waals surface area contributed by atoms with Crippen LogP contribution in [0.1, 0.15) is 12.5 Å². The Morgan fingerprint density at radius 2 is 1.48 bits per heavy atom. The van der Waals surface area contributed by atoms with E-state index in [1.54, 1.807) is 0 Å². The second-order valence-electron chi connectivity index (χ2n) is 5.75. The summed E-state index contributed by atoms with van der Waals surface area (Å²) in [5, 5.41) is 2.66. The summed E-state index contributed by atoms with van der Waals surface area (Å²) in [6.07, 6.45) is 1.26. The minimum absolute atomic E-state index is 0.199. The van der Waals surface area contributed by atoms with Crippen LogP contribution in [0.5, 0.6) is 0 Å². The van der Waals surface area contributed by atoms with Gasteiger partial charge < -0.3 is 0 Å². The topological polar surface area (TPSA) is 0 Å². The third kappa shape index (κ3) is 10.6. The van der Waals surface area contributed by atoms with Crippen molar-refractivity contribution in [3.05, 3.63) is 84.3 Å². The van der Waals surface area contributed by atoms with E-state index < -0.39 is 14.7 Å². The fraction of sp³-hybridized carbons (Fsp3) is 0.200. The monoisotopic (exact) mass is 447 g/mol. The maximum Gasteiger partial charge on any atom is -0.0809 e. The predicted octanol–water partition coefficient (Wildman–Crippen LogP) is 8.00. The van der Waals surface area contributed by atoms with Gasteiger partial charge in [0.25, 0.3) is 0 Å². The van der Waals surface area contributed by atoms with Crippen LogP contribution in [0.4, 0.5) is 0 Å². The molecule has 0 aliphatic rings. The van der Waals surface area contributed by atoms with E-state index in [4.69, 9.17) is 27.9 Å². The summed E-state index contributed by atoms with van der Waals surface area (Å²) >= 11 is -1.92. The van der Waals surface area contributed by atoms with E-state index in [9.17, 15) is 0 Å². The SMILES string of the molecule is C[C-](CP(C)C)c1ccccc1.[Cl][Ti]([Cl])[Cl].c1ccc2[cH-]ccc2c1. The molecule has 3 aromatic rings. The summed E-state index contributed by atoms with van der Waals surface area (Å²) in [5.41, 5.74) is 1.40. The summed E-state index contributed by atoms with van der Waals surface area (Å²) in [7, 11) is 15.1. The van der Waals surface area contributed by atoms with Gasteiger partial charge in [0.15, 0.2) is 0 Å². The Labute approximate surface area is 171 Å². The molecule has 0 heterocycles.